The number of carbonyl (C=O) groups is 6. The molecule has 0 aliphatic heterocycles. The van der Waals surface area contributed by atoms with Crippen LogP contribution in [-0.2, 0) is 56.1 Å². The van der Waals surface area contributed by atoms with E-state index in [1.807, 2.05) is 62.4 Å². The molecule has 0 aromatic heterocycles. The van der Waals surface area contributed by atoms with Gasteiger partial charge in [-0.15, -0.1) is 0 Å². The first-order valence-corrected chi connectivity index (χ1v) is 17.4. The van der Waals surface area contributed by atoms with Gasteiger partial charge in [0.1, 0.15) is 30.9 Å². The zero-order valence-corrected chi connectivity index (χ0v) is 30.9. The number of hydrogen-bond acceptors (Lipinski definition) is 11. The van der Waals surface area contributed by atoms with Crippen molar-refractivity contribution in [3.63, 3.8) is 0 Å². The van der Waals surface area contributed by atoms with Crippen LogP contribution in [0.3, 0.4) is 0 Å². The summed E-state index contributed by atoms with van der Waals surface area (Å²) in [5.74, 6) is -3.10. The first-order chi connectivity index (χ1) is 24.7. The minimum atomic E-state index is -1.27. The molecule has 0 spiro atoms. The van der Waals surface area contributed by atoms with Crippen molar-refractivity contribution in [1.82, 2.24) is 16.0 Å². The molecule has 2 aromatic rings. The highest BCUT2D eigenvalue weighted by Crippen LogP contribution is 2.14. The summed E-state index contributed by atoms with van der Waals surface area (Å²) in [5, 5.41) is 7.75. The molecule has 0 aliphatic rings. The Labute approximate surface area is 305 Å². The number of unbranched alkanes of at least 4 members (excludes halogenated alkanes) is 1. The van der Waals surface area contributed by atoms with E-state index in [2.05, 4.69) is 16.0 Å². The van der Waals surface area contributed by atoms with Crippen LogP contribution in [-0.4, -0.2) is 73.4 Å². The molecule has 0 saturated carbocycles. The molecule has 52 heavy (non-hydrogen) atoms. The Kier molecular flexibility index (Phi) is 18.7. The predicted molar refractivity (Wildman–Crippen MR) is 190 cm³/mol. The molecule has 0 saturated heterocycles. The highest BCUT2D eigenvalue weighted by Gasteiger charge is 2.33. The Hall–Kier alpha value is -5.14. The predicted octanol–water partition coefficient (Wildman–Crippen LogP) is 5.12. The van der Waals surface area contributed by atoms with Gasteiger partial charge in [0.15, 0.2) is 6.10 Å². The summed E-state index contributed by atoms with van der Waals surface area (Å²) >= 11 is 0. The van der Waals surface area contributed by atoms with E-state index in [1.54, 1.807) is 32.9 Å². The molecule has 0 bridgehead atoms. The normalized spacial score (nSPS) is 12.8. The molecule has 2 rings (SSSR count). The van der Waals surface area contributed by atoms with Crippen LogP contribution in [0.1, 0.15) is 84.3 Å². The van der Waals surface area contributed by atoms with E-state index >= 15 is 0 Å². The lowest BCUT2D eigenvalue weighted by molar-refractivity contribution is -0.168. The topological polar surface area (TPSA) is 185 Å². The molecular formula is C38H53N3O11. The fourth-order valence-electron chi connectivity index (χ4n) is 4.75. The number of carbonyl (C=O) groups excluding carboxylic acids is 6. The maximum absolute atomic E-state index is 13.6. The molecule has 0 radical (unpaired) electrons. The molecule has 0 fully saturated rings. The first-order valence-electron chi connectivity index (χ1n) is 17.4. The highest BCUT2D eigenvalue weighted by molar-refractivity contribution is 5.90. The van der Waals surface area contributed by atoms with Gasteiger partial charge in [0.05, 0.1) is 7.11 Å². The average molecular weight is 728 g/mol. The Morgan fingerprint density at radius 3 is 1.87 bits per heavy atom. The summed E-state index contributed by atoms with van der Waals surface area (Å²) in [7, 11) is 1.17. The first kappa shape index (κ1) is 43.0. The van der Waals surface area contributed by atoms with Gasteiger partial charge in [-0.2, -0.15) is 0 Å². The van der Waals surface area contributed by atoms with Crippen molar-refractivity contribution in [2.45, 2.75) is 110 Å². The Morgan fingerprint density at radius 1 is 0.712 bits per heavy atom. The molecular weight excluding hydrogens is 674 g/mol. The fraction of sp³-hybridized carbons (Fsp3) is 0.526. The minimum absolute atomic E-state index is 0.0392. The molecule has 3 amide bonds. The number of nitrogens with one attached hydrogen (secondary N) is 3. The second-order valence-electron chi connectivity index (χ2n) is 13.5. The quantitative estimate of drug-likeness (QED) is 0.0935. The fourth-order valence-corrected chi connectivity index (χ4v) is 4.75. The number of hydrogen-bond donors (Lipinski definition) is 3. The molecule has 14 heteroatoms. The van der Waals surface area contributed by atoms with E-state index in [-0.39, 0.29) is 51.4 Å². The van der Waals surface area contributed by atoms with Gasteiger partial charge >= 0.3 is 30.1 Å². The summed E-state index contributed by atoms with van der Waals surface area (Å²) in [6.07, 6.45) is -2.05. The Morgan fingerprint density at radius 2 is 1.31 bits per heavy atom. The molecule has 3 N–H and O–H groups in total. The lowest BCUT2D eigenvalue weighted by atomic mass is 10.0. The third kappa shape index (κ3) is 18.2. The molecule has 2 aromatic carbocycles. The Balaban J connectivity index is 2.00. The van der Waals surface area contributed by atoms with Crippen LogP contribution < -0.4 is 16.0 Å². The van der Waals surface area contributed by atoms with Crippen molar-refractivity contribution in [2.24, 2.45) is 5.92 Å². The third-order valence-electron chi connectivity index (χ3n) is 7.29. The van der Waals surface area contributed by atoms with Crippen LogP contribution >= 0.6 is 0 Å². The second kappa shape index (κ2) is 22.6. The van der Waals surface area contributed by atoms with Crippen molar-refractivity contribution in [3.05, 3.63) is 71.8 Å². The lowest BCUT2D eigenvalue weighted by Crippen LogP contribution is -2.53. The Bertz CT molecular complexity index is 1430. The third-order valence-corrected chi connectivity index (χ3v) is 7.29. The van der Waals surface area contributed by atoms with Gasteiger partial charge in [-0.25, -0.2) is 19.2 Å². The van der Waals surface area contributed by atoms with E-state index in [0.717, 1.165) is 11.1 Å². The molecule has 14 nitrogen and oxygen atoms in total. The second-order valence-corrected chi connectivity index (χ2v) is 13.5. The van der Waals surface area contributed by atoms with Crippen LogP contribution in [0.2, 0.25) is 0 Å². The molecule has 0 heterocycles. The smallest absolute Gasteiger partial charge is 0.408 e. The monoisotopic (exact) mass is 727 g/mol. The van der Waals surface area contributed by atoms with E-state index in [1.165, 1.54) is 7.11 Å². The van der Waals surface area contributed by atoms with Crippen LogP contribution in [0.5, 0.6) is 0 Å². The summed E-state index contributed by atoms with van der Waals surface area (Å²) in [4.78, 5) is 76.8. The number of esters is 3. The van der Waals surface area contributed by atoms with Gasteiger partial charge in [0.25, 0.3) is 0 Å². The van der Waals surface area contributed by atoms with E-state index in [4.69, 9.17) is 23.7 Å². The maximum Gasteiger partial charge on any atom is 0.408 e. The van der Waals surface area contributed by atoms with Gasteiger partial charge in [-0.05, 0) is 69.9 Å². The average Bonchev–Trinajstić information content (AvgIpc) is 3.10. The molecule has 286 valence electrons. The van der Waals surface area contributed by atoms with Crippen molar-refractivity contribution < 1.29 is 52.5 Å². The molecule has 0 unspecified atom stereocenters. The van der Waals surface area contributed by atoms with E-state index in [9.17, 15) is 28.8 Å². The number of methoxy groups -OCH3 is 1. The minimum Gasteiger partial charge on any atom is -0.466 e. The lowest BCUT2D eigenvalue weighted by Gasteiger charge is -2.26. The summed E-state index contributed by atoms with van der Waals surface area (Å²) < 4.78 is 26.2. The van der Waals surface area contributed by atoms with Crippen molar-refractivity contribution >= 4 is 36.0 Å². The summed E-state index contributed by atoms with van der Waals surface area (Å²) in [6, 6.07) is 15.8. The maximum atomic E-state index is 13.6. The SMILES string of the molecule is COC(=O)[C@H](CCCCNC(=O)OCc1ccccc1)OC(=O)[C@H](CC(C)C)NC(=O)[C@H](CCC(=O)OCc1ccccc1)NC(=O)OC(C)(C)C. The van der Waals surface area contributed by atoms with Crippen molar-refractivity contribution in [2.75, 3.05) is 13.7 Å². The van der Waals surface area contributed by atoms with Gasteiger partial charge < -0.3 is 39.6 Å². The molecule has 0 aliphatic carbocycles. The van der Waals surface area contributed by atoms with E-state index in [0.29, 0.717) is 12.8 Å². The zero-order valence-electron chi connectivity index (χ0n) is 30.9. The van der Waals surface area contributed by atoms with Gasteiger partial charge in [-0.3, -0.25) is 9.59 Å². The van der Waals surface area contributed by atoms with E-state index < -0.39 is 59.8 Å². The van der Waals surface area contributed by atoms with Crippen LogP contribution in [0.4, 0.5) is 9.59 Å². The standard InChI is InChI=1S/C38H53N3O11/c1-26(2)23-30(34(44)51-31(35(45)48-6)19-13-14-22-39-36(46)50-25-28-17-11-8-12-18-28)40-33(43)29(41-37(47)52-38(3,4)5)20-21-32(42)49-24-27-15-9-7-10-16-27/h7-12,15-18,26,29-31H,13-14,19-25H2,1-6H3,(H,39,46)(H,40,43)(H,41,47)/t29-,30-,31-/m0/s1. The molecule has 3 atom stereocenters. The number of rotatable bonds is 20. The zero-order chi connectivity index (χ0) is 38.5. The summed E-state index contributed by atoms with van der Waals surface area (Å²) in [5.41, 5.74) is 0.767. The van der Waals surface area contributed by atoms with Gasteiger partial charge in [0, 0.05) is 13.0 Å². The number of alkyl carbamates (subject to hydrolysis) is 2. The van der Waals surface area contributed by atoms with Crippen LogP contribution in [0, 0.1) is 5.92 Å². The number of ether oxygens (including phenoxy) is 5. The van der Waals surface area contributed by atoms with Crippen molar-refractivity contribution in [3.8, 4) is 0 Å². The largest absolute Gasteiger partial charge is 0.466 e. The summed E-state index contributed by atoms with van der Waals surface area (Å²) in [6.45, 7) is 9.07. The van der Waals surface area contributed by atoms with Crippen LogP contribution in [0.25, 0.3) is 0 Å². The van der Waals surface area contributed by atoms with Gasteiger partial charge in [-0.1, -0.05) is 74.5 Å². The van der Waals surface area contributed by atoms with Crippen molar-refractivity contribution in [1.29, 1.82) is 0 Å². The van der Waals surface area contributed by atoms with Crippen LogP contribution in [0.15, 0.2) is 60.7 Å². The highest BCUT2D eigenvalue weighted by atomic mass is 16.6. The number of benzene rings is 2. The van der Waals surface area contributed by atoms with Gasteiger partial charge in [0.2, 0.25) is 5.91 Å². The number of amides is 3.